The second-order valence-electron chi connectivity index (χ2n) is 12.0. The maximum absolute atomic E-state index is 14.2. The van der Waals surface area contributed by atoms with Crippen molar-refractivity contribution in [2.75, 3.05) is 13.1 Å². The van der Waals surface area contributed by atoms with Gasteiger partial charge in [-0.1, -0.05) is 68.4 Å². The smallest absolute Gasteiger partial charge is 0.246 e. The van der Waals surface area contributed by atoms with Crippen LogP contribution in [0.25, 0.3) is 10.8 Å². The van der Waals surface area contributed by atoms with Crippen molar-refractivity contribution in [1.82, 2.24) is 20.4 Å². The summed E-state index contributed by atoms with van der Waals surface area (Å²) in [6, 6.07) is 17.6. The highest BCUT2D eigenvalue weighted by Crippen LogP contribution is 2.26. The predicted molar refractivity (Wildman–Crippen MR) is 162 cm³/mol. The number of benzene rings is 3. The zero-order valence-electron chi connectivity index (χ0n) is 24.9. The number of amides is 4. The second-order valence-corrected chi connectivity index (χ2v) is 12.0. The number of hydrogen-bond acceptors (Lipinski definition) is 4. The zero-order chi connectivity index (χ0) is 30.7. The molecule has 2 fully saturated rings. The van der Waals surface area contributed by atoms with E-state index >= 15 is 0 Å². The Morgan fingerprint density at radius 1 is 0.907 bits per heavy atom. The minimum Gasteiger partial charge on any atom is -0.352 e. The van der Waals surface area contributed by atoms with E-state index in [-0.39, 0.29) is 55.1 Å². The number of halogens is 1. The Morgan fingerprint density at radius 3 is 2.23 bits per heavy atom. The summed E-state index contributed by atoms with van der Waals surface area (Å²) in [6.45, 7) is 5.50. The highest BCUT2D eigenvalue weighted by molar-refractivity contribution is 5.95. The average Bonchev–Trinajstić information content (AvgIpc) is 3.80. The quantitative estimate of drug-likeness (QED) is 0.379. The summed E-state index contributed by atoms with van der Waals surface area (Å²) in [5.74, 6) is -1.85. The van der Waals surface area contributed by atoms with Crippen LogP contribution in [0.1, 0.15) is 44.7 Å². The van der Waals surface area contributed by atoms with Crippen LogP contribution in [0.5, 0.6) is 0 Å². The van der Waals surface area contributed by atoms with Crippen molar-refractivity contribution in [3.05, 3.63) is 83.7 Å². The number of nitrogens with one attached hydrogen (secondary N) is 2. The van der Waals surface area contributed by atoms with Crippen molar-refractivity contribution >= 4 is 34.4 Å². The summed E-state index contributed by atoms with van der Waals surface area (Å²) in [4.78, 5) is 57.0. The maximum atomic E-state index is 14.2. The number of hydrogen-bond donors (Lipinski definition) is 2. The van der Waals surface area contributed by atoms with Crippen LogP contribution in [-0.4, -0.2) is 70.7 Å². The highest BCUT2D eigenvalue weighted by atomic mass is 19.1. The van der Waals surface area contributed by atoms with Crippen LogP contribution in [0.15, 0.2) is 66.7 Å². The third-order valence-electron chi connectivity index (χ3n) is 8.24. The maximum Gasteiger partial charge on any atom is 0.246 e. The van der Waals surface area contributed by atoms with Gasteiger partial charge in [0.25, 0.3) is 0 Å². The molecule has 0 radical (unpaired) electrons. The normalized spacial score (nSPS) is 18.4. The number of rotatable bonds is 10. The monoisotopic (exact) mass is 586 g/mol. The van der Waals surface area contributed by atoms with Gasteiger partial charge in [0.15, 0.2) is 0 Å². The van der Waals surface area contributed by atoms with Gasteiger partial charge >= 0.3 is 0 Å². The average molecular weight is 587 g/mol. The van der Waals surface area contributed by atoms with Crippen LogP contribution in [0.4, 0.5) is 4.39 Å². The van der Waals surface area contributed by atoms with Gasteiger partial charge in [-0.25, -0.2) is 4.39 Å². The molecule has 3 atom stereocenters. The van der Waals surface area contributed by atoms with E-state index in [0.717, 1.165) is 29.2 Å². The molecule has 1 aliphatic carbocycles. The third kappa shape index (κ3) is 7.21. The molecule has 5 rings (SSSR count). The number of fused-ring (bicyclic) bond motifs is 1. The largest absolute Gasteiger partial charge is 0.352 e. The molecule has 1 saturated heterocycles. The fourth-order valence-electron chi connectivity index (χ4n) is 5.93. The first-order valence-corrected chi connectivity index (χ1v) is 15.0. The lowest BCUT2D eigenvalue weighted by molar-refractivity contribution is -0.159. The van der Waals surface area contributed by atoms with Crippen molar-refractivity contribution in [2.45, 2.75) is 70.6 Å². The van der Waals surface area contributed by atoms with E-state index < -0.39 is 23.9 Å². The van der Waals surface area contributed by atoms with E-state index in [1.54, 1.807) is 21.9 Å². The Bertz CT molecular complexity index is 1500. The van der Waals surface area contributed by atoms with Gasteiger partial charge in [0.2, 0.25) is 23.6 Å². The predicted octanol–water partition coefficient (Wildman–Crippen LogP) is 3.61. The Morgan fingerprint density at radius 2 is 1.58 bits per heavy atom. The molecular weight excluding hydrogens is 547 g/mol. The molecular formula is C34H39FN4O4. The van der Waals surface area contributed by atoms with Crippen LogP contribution in [0, 0.1) is 11.7 Å². The summed E-state index contributed by atoms with van der Waals surface area (Å²) in [7, 11) is 0. The minimum atomic E-state index is -0.921. The molecule has 0 spiro atoms. The third-order valence-corrected chi connectivity index (χ3v) is 8.24. The molecule has 8 nitrogen and oxygen atoms in total. The van der Waals surface area contributed by atoms with Gasteiger partial charge in [-0.2, -0.15) is 0 Å². The van der Waals surface area contributed by atoms with E-state index in [1.165, 1.54) is 19.1 Å². The molecule has 1 heterocycles. The molecule has 9 heteroatoms. The van der Waals surface area contributed by atoms with Gasteiger partial charge in [-0.3, -0.25) is 19.2 Å². The van der Waals surface area contributed by atoms with Gasteiger partial charge in [-0.15, -0.1) is 0 Å². The summed E-state index contributed by atoms with van der Waals surface area (Å²) < 4.78 is 13.5. The summed E-state index contributed by atoms with van der Waals surface area (Å²) in [5, 5.41) is 7.98. The fraction of sp³-hybridized carbons (Fsp3) is 0.412. The Balaban J connectivity index is 1.40. The first kappa shape index (κ1) is 30.2. The molecule has 3 aromatic rings. The van der Waals surface area contributed by atoms with Gasteiger partial charge in [0.05, 0.1) is 0 Å². The van der Waals surface area contributed by atoms with Crippen molar-refractivity contribution in [1.29, 1.82) is 0 Å². The first-order valence-electron chi connectivity index (χ1n) is 15.0. The van der Waals surface area contributed by atoms with E-state index in [0.29, 0.717) is 12.0 Å². The van der Waals surface area contributed by atoms with Crippen molar-refractivity contribution in [3.63, 3.8) is 0 Å². The van der Waals surface area contributed by atoms with Crippen LogP contribution in [0.3, 0.4) is 0 Å². The van der Waals surface area contributed by atoms with Crippen LogP contribution in [-0.2, 0) is 32.0 Å². The van der Waals surface area contributed by atoms with Gasteiger partial charge in [0.1, 0.15) is 23.9 Å². The lowest BCUT2D eigenvalue weighted by atomic mass is 9.93. The zero-order valence-corrected chi connectivity index (χ0v) is 24.9. The number of nitrogens with zero attached hydrogens (tertiary/aromatic N) is 2. The summed E-state index contributed by atoms with van der Waals surface area (Å²) >= 11 is 0. The van der Waals surface area contributed by atoms with E-state index in [1.807, 2.05) is 50.2 Å². The van der Waals surface area contributed by atoms with Crippen LogP contribution >= 0.6 is 0 Å². The molecule has 1 saturated carbocycles. The van der Waals surface area contributed by atoms with Gasteiger partial charge in [0, 0.05) is 38.9 Å². The molecule has 0 bridgehead atoms. The molecule has 2 aliphatic rings. The summed E-state index contributed by atoms with van der Waals surface area (Å²) in [6.07, 6.45) is 2.37. The van der Waals surface area contributed by atoms with Crippen molar-refractivity contribution in [2.24, 2.45) is 5.92 Å². The molecule has 1 aliphatic heterocycles. The molecule has 4 amide bonds. The van der Waals surface area contributed by atoms with Gasteiger partial charge in [-0.05, 0) is 52.8 Å². The Hall–Kier alpha value is -4.27. The molecule has 3 aromatic carbocycles. The summed E-state index contributed by atoms with van der Waals surface area (Å²) in [5.41, 5.74) is 1.64. The number of piperazine rings is 1. The van der Waals surface area contributed by atoms with Crippen molar-refractivity contribution < 1.29 is 23.6 Å². The van der Waals surface area contributed by atoms with Crippen molar-refractivity contribution in [3.8, 4) is 0 Å². The Kier molecular flexibility index (Phi) is 9.08. The van der Waals surface area contributed by atoms with E-state index in [4.69, 9.17) is 0 Å². The molecule has 3 unspecified atom stereocenters. The highest BCUT2D eigenvalue weighted by Gasteiger charge is 2.45. The standard InChI is InChI=1S/C34H39FN4O4/c1-21(2)31-34(43)38(16-17-39(31)33(42)29(36-22(3)40)19-23-9-12-27(35)13-10-23)30(32(41)37-28-14-15-28)20-24-8-11-25-6-4-5-7-26(25)18-24/h4-13,18,21,28-31H,14-17,19-20H2,1-3H3,(H,36,40)(H,37,41). The SMILES string of the molecule is CC(=O)NC(Cc1ccc(F)cc1)C(=O)N1CCN(C(Cc2ccc3ccccc3c2)C(=O)NC2CC2)C(=O)C1C(C)C. The van der Waals surface area contributed by atoms with Gasteiger partial charge < -0.3 is 20.4 Å². The Labute approximate surface area is 251 Å². The molecule has 0 aromatic heterocycles. The minimum absolute atomic E-state index is 0.135. The molecule has 43 heavy (non-hydrogen) atoms. The lowest BCUT2D eigenvalue weighted by Crippen LogP contribution is -2.67. The number of carbonyl (C=O) groups is 4. The first-order chi connectivity index (χ1) is 20.6. The second kappa shape index (κ2) is 12.9. The van der Waals surface area contributed by atoms with Crippen LogP contribution in [0.2, 0.25) is 0 Å². The fourth-order valence-corrected chi connectivity index (χ4v) is 5.93. The van der Waals surface area contributed by atoms with Crippen LogP contribution < -0.4 is 10.6 Å². The lowest BCUT2D eigenvalue weighted by Gasteiger charge is -2.45. The molecule has 2 N–H and O–H groups in total. The topological polar surface area (TPSA) is 98.8 Å². The number of carbonyl (C=O) groups excluding carboxylic acids is 4. The van der Waals surface area contributed by atoms with E-state index in [2.05, 4.69) is 16.7 Å². The van der Waals surface area contributed by atoms with E-state index in [9.17, 15) is 23.6 Å². The molecule has 226 valence electrons.